The lowest BCUT2D eigenvalue weighted by molar-refractivity contribution is -0.137. The summed E-state index contributed by atoms with van der Waals surface area (Å²) in [6.45, 7) is 7.77. The number of carboxylic acids is 1. The Kier molecular flexibility index (Phi) is 56.3. The predicted octanol–water partition coefficient (Wildman–Crippen LogP) is 1.26. The number of carboxylic acid groups (broad SMARTS) is 1. The minimum absolute atomic E-state index is 0.250. The third kappa shape index (κ3) is 181. The Morgan fingerprint density at radius 3 is 1.19 bits per heavy atom. The van der Waals surface area contributed by atoms with Crippen LogP contribution in [0.15, 0.2) is 0 Å². The van der Waals surface area contributed by atoms with Crippen LogP contribution in [0.5, 0.6) is 0 Å². The second-order valence-corrected chi connectivity index (χ2v) is 2.45. The first kappa shape index (κ1) is 24.5. The van der Waals surface area contributed by atoms with Crippen molar-refractivity contribution in [1.82, 2.24) is 0 Å². The summed E-state index contributed by atoms with van der Waals surface area (Å²) in [7, 11) is 0. The van der Waals surface area contributed by atoms with Gasteiger partial charge >= 0.3 is 5.97 Å². The first-order valence-corrected chi connectivity index (χ1v) is 5.56. The van der Waals surface area contributed by atoms with E-state index in [0.717, 1.165) is 12.8 Å². The van der Waals surface area contributed by atoms with Gasteiger partial charge in [0.2, 0.25) is 0 Å². The van der Waals surface area contributed by atoms with E-state index in [1.165, 1.54) is 0 Å². The van der Waals surface area contributed by atoms with Crippen molar-refractivity contribution in [3.63, 3.8) is 0 Å². The van der Waals surface area contributed by atoms with E-state index in [0.29, 0.717) is 6.42 Å². The van der Waals surface area contributed by atoms with Crippen molar-refractivity contribution in [2.24, 2.45) is 0 Å². The lowest BCUT2D eigenvalue weighted by Gasteiger charge is -1.85. The van der Waals surface area contributed by atoms with Crippen LogP contribution in [0.1, 0.15) is 47.0 Å². The van der Waals surface area contributed by atoms with Crippen molar-refractivity contribution in [3.05, 3.63) is 0 Å². The van der Waals surface area contributed by atoms with Gasteiger partial charge in [0, 0.05) is 26.2 Å². The predicted molar refractivity (Wildman–Crippen MR) is 65.4 cm³/mol. The summed E-state index contributed by atoms with van der Waals surface area (Å²) in [5.41, 5.74) is 0. The Labute approximate surface area is 98.7 Å². The second kappa shape index (κ2) is 36.7. The molecule has 0 atom stereocenters. The summed E-state index contributed by atoms with van der Waals surface area (Å²) in [4.78, 5) is 9.76. The van der Waals surface area contributed by atoms with E-state index in [1.807, 2.05) is 6.92 Å². The van der Waals surface area contributed by atoms with Gasteiger partial charge in [-0.1, -0.05) is 13.3 Å². The fourth-order valence-electron chi connectivity index (χ4n) is 0.328. The Morgan fingerprint density at radius 1 is 0.875 bits per heavy atom. The summed E-state index contributed by atoms with van der Waals surface area (Å²) in [6, 6.07) is 0. The van der Waals surface area contributed by atoms with Crippen LogP contribution in [-0.4, -0.2) is 46.2 Å². The van der Waals surface area contributed by atoms with E-state index in [-0.39, 0.29) is 19.8 Å². The molecule has 16 heavy (non-hydrogen) atoms. The van der Waals surface area contributed by atoms with Gasteiger partial charge in [-0.25, -0.2) is 0 Å². The number of aliphatic hydroxyl groups is 3. The molecule has 0 spiro atoms. The van der Waals surface area contributed by atoms with Gasteiger partial charge in [-0.2, -0.15) is 0 Å². The van der Waals surface area contributed by atoms with Crippen LogP contribution in [-0.2, 0) is 4.79 Å². The monoisotopic (exact) mass is 240 g/mol. The minimum atomic E-state index is -0.693. The third-order valence-corrected chi connectivity index (χ3v) is 0.744. The van der Waals surface area contributed by atoms with Gasteiger partial charge in [0.15, 0.2) is 0 Å². The molecule has 0 saturated carbocycles. The standard InChI is InChI=1S/C5H10O2.3C2H6O/c1-2-3-4-5(6)7;3*1-2-3/h2-4H2,1H3,(H,6,7);3*3H,2H2,1H3. The molecule has 5 heteroatoms. The summed E-state index contributed by atoms with van der Waals surface area (Å²) in [5.74, 6) is -0.693. The molecule has 102 valence electrons. The van der Waals surface area contributed by atoms with E-state index < -0.39 is 5.97 Å². The molecule has 0 aromatic rings. The van der Waals surface area contributed by atoms with E-state index in [9.17, 15) is 4.79 Å². The highest BCUT2D eigenvalue weighted by Gasteiger charge is 1.90. The van der Waals surface area contributed by atoms with Gasteiger partial charge in [-0.3, -0.25) is 4.79 Å². The molecule has 0 aliphatic carbocycles. The summed E-state index contributed by atoms with van der Waals surface area (Å²) >= 11 is 0. The zero-order chi connectivity index (χ0) is 13.8. The maximum Gasteiger partial charge on any atom is 0.303 e. The van der Waals surface area contributed by atoms with Crippen molar-refractivity contribution in [1.29, 1.82) is 0 Å². The first-order chi connectivity index (χ1) is 7.51. The molecule has 0 fully saturated rings. The van der Waals surface area contributed by atoms with Gasteiger partial charge < -0.3 is 20.4 Å². The number of aliphatic hydroxyl groups excluding tert-OH is 3. The third-order valence-electron chi connectivity index (χ3n) is 0.744. The van der Waals surface area contributed by atoms with Gasteiger partial charge in [-0.15, -0.1) is 0 Å². The number of rotatable bonds is 3. The Balaban J connectivity index is -0.0000000677. The number of aliphatic carboxylic acids is 1. The molecule has 0 aromatic carbocycles. The molecule has 0 bridgehead atoms. The lowest BCUT2D eigenvalue weighted by Crippen LogP contribution is -1.91. The second-order valence-electron chi connectivity index (χ2n) is 2.45. The van der Waals surface area contributed by atoms with Gasteiger partial charge in [0.05, 0.1) is 0 Å². The molecule has 0 unspecified atom stereocenters. The van der Waals surface area contributed by atoms with E-state index >= 15 is 0 Å². The van der Waals surface area contributed by atoms with E-state index in [1.54, 1.807) is 20.8 Å². The Bertz CT molecular complexity index is 91.6. The Morgan fingerprint density at radius 2 is 1.12 bits per heavy atom. The lowest BCUT2D eigenvalue weighted by atomic mass is 10.3. The van der Waals surface area contributed by atoms with Crippen LogP contribution in [0, 0.1) is 0 Å². The van der Waals surface area contributed by atoms with Crippen molar-refractivity contribution in [2.75, 3.05) is 19.8 Å². The first-order valence-electron chi connectivity index (χ1n) is 5.56. The van der Waals surface area contributed by atoms with Gasteiger partial charge in [0.1, 0.15) is 0 Å². The Hall–Kier alpha value is -0.650. The summed E-state index contributed by atoms with van der Waals surface area (Å²) in [5, 5.41) is 30.8. The molecule has 0 saturated heterocycles. The quantitative estimate of drug-likeness (QED) is 0.595. The molecule has 4 N–H and O–H groups in total. The number of carbonyl (C=O) groups is 1. The van der Waals surface area contributed by atoms with Crippen LogP contribution < -0.4 is 0 Å². The van der Waals surface area contributed by atoms with Gasteiger partial charge in [0.25, 0.3) is 0 Å². The van der Waals surface area contributed by atoms with Crippen LogP contribution in [0.2, 0.25) is 0 Å². The number of unbranched alkanes of at least 4 members (excludes halogenated alkanes) is 1. The fourth-order valence-corrected chi connectivity index (χ4v) is 0.328. The molecule has 0 aliphatic rings. The molecular weight excluding hydrogens is 212 g/mol. The van der Waals surface area contributed by atoms with Gasteiger partial charge in [-0.05, 0) is 27.2 Å². The average molecular weight is 240 g/mol. The van der Waals surface area contributed by atoms with Crippen LogP contribution in [0.25, 0.3) is 0 Å². The highest BCUT2D eigenvalue weighted by atomic mass is 16.4. The fraction of sp³-hybridized carbons (Fsp3) is 0.909. The molecule has 0 radical (unpaired) electrons. The minimum Gasteiger partial charge on any atom is -0.481 e. The van der Waals surface area contributed by atoms with Crippen molar-refractivity contribution in [3.8, 4) is 0 Å². The largest absolute Gasteiger partial charge is 0.481 e. The smallest absolute Gasteiger partial charge is 0.303 e. The van der Waals surface area contributed by atoms with Crippen LogP contribution in [0.3, 0.4) is 0 Å². The highest BCUT2D eigenvalue weighted by molar-refractivity contribution is 5.66. The van der Waals surface area contributed by atoms with Crippen molar-refractivity contribution in [2.45, 2.75) is 47.0 Å². The molecule has 0 amide bonds. The summed E-state index contributed by atoms with van der Waals surface area (Å²) < 4.78 is 0. The zero-order valence-electron chi connectivity index (χ0n) is 10.9. The summed E-state index contributed by atoms with van der Waals surface area (Å²) in [6.07, 6.45) is 2.08. The molecular formula is C11H28O5. The molecule has 0 heterocycles. The van der Waals surface area contributed by atoms with Crippen LogP contribution in [0.4, 0.5) is 0 Å². The zero-order valence-corrected chi connectivity index (χ0v) is 10.9. The topological polar surface area (TPSA) is 98.0 Å². The maximum absolute atomic E-state index is 9.76. The van der Waals surface area contributed by atoms with Crippen molar-refractivity contribution >= 4 is 5.97 Å². The van der Waals surface area contributed by atoms with E-state index in [4.69, 9.17) is 20.4 Å². The molecule has 0 aromatic heterocycles. The molecule has 5 nitrogen and oxygen atoms in total. The SMILES string of the molecule is CCCCC(=O)O.CCO.CCO.CCO. The van der Waals surface area contributed by atoms with Crippen molar-refractivity contribution < 1.29 is 25.2 Å². The number of hydrogen-bond donors (Lipinski definition) is 4. The molecule has 0 aliphatic heterocycles. The number of hydrogen-bond acceptors (Lipinski definition) is 4. The normalized spacial score (nSPS) is 7.19. The van der Waals surface area contributed by atoms with E-state index in [2.05, 4.69) is 0 Å². The average Bonchev–Trinajstić information content (AvgIpc) is 2.18. The maximum atomic E-state index is 9.76. The highest BCUT2D eigenvalue weighted by Crippen LogP contribution is 1.91. The molecule has 0 rings (SSSR count). The van der Waals surface area contributed by atoms with Crippen LogP contribution >= 0.6 is 0 Å².